The molecule has 1 atom stereocenters. The first-order chi connectivity index (χ1) is 9.43. The number of benzene rings is 2. The van der Waals surface area contributed by atoms with Gasteiger partial charge in [-0.2, -0.15) is 0 Å². The second-order valence-corrected chi connectivity index (χ2v) is 4.81. The number of hydrogen-bond acceptors (Lipinski definition) is 1. The molecule has 1 unspecified atom stereocenters. The first-order valence-corrected chi connectivity index (χ1v) is 6.52. The quantitative estimate of drug-likeness (QED) is 0.703. The molecule has 2 heterocycles. The number of rotatable bonds is 1. The number of furan rings is 1. The van der Waals surface area contributed by atoms with E-state index in [0.29, 0.717) is 6.04 Å². The topological polar surface area (TPSA) is 29.8 Å². The van der Waals surface area contributed by atoms with Crippen LogP contribution in [0.3, 0.4) is 0 Å². The lowest BCUT2D eigenvalue weighted by molar-refractivity contribution is -0.622. The number of hydrogen-bond donors (Lipinski definition) is 1. The van der Waals surface area contributed by atoms with Crippen LogP contribution in [0.15, 0.2) is 71.3 Å². The predicted molar refractivity (Wildman–Crippen MR) is 76.7 cm³/mol. The van der Waals surface area contributed by atoms with Crippen LogP contribution >= 0.6 is 0 Å². The van der Waals surface area contributed by atoms with E-state index in [1.807, 2.05) is 12.1 Å². The Balaban J connectivity index is 2.01. The average molecular weight is 248 g/mol. The van der Waals surface area contributed by atoms with Gasteiger partial charge in [-0.3, -0.25) is 0 Å². The second kappa shape index (κ2) is 4.11. The van der Waals surface area contributed by atoms with Crippen molar-refractivity contribution in [1.29, 1.82) is 0 Å². The van der Waals surface area contributed by atoms with Gasteiger partial charge in [-0.05, 0) is 24.3 Å². The minimum atomic E-state index is 0.300. The molecule has 2 nitrogen and oxygen atoms in total. The van der Waals surface area contributed by atoms with Gasteiger partial charge in [0.05, 0.1) is 11.8 Å². The Morgan fingerprint density at radius 3 is 2.68 bits per heavy atom. The fraction of sp³-hybridized carbons (Fsp3) is 0.0588. The number of allylic oxidation sites excluding steroid dienone is 2. The standard InChI is InChI=1S/C17H13NO/c1-2-10-16-12(6-1)13-7-5-8-14(17(13)19-16)15-9-3-4-11-18-15/h1-11,15,18H/p+1. The Kier molecular flexibility index (Phi) is 2.29. The van der Waals surface area contributed by atoms with Crippen molar-refractivity contribution in [1.82, 2.24) is 0 Å². The van der Waals surface area contributed by atoms with Gasteiger partial charge in [0.1, 0.15) is 17.2 Å². The summed E-state index contributed by atoms with van der Waals surface area (Å²) in [5.74, 6) is 0. The Bertz CT molecular complexity index is 810. The molecule has 0 aliphatic carbocycles. The molecule has 0 radical (unpaired) electrons. The summed E-state index contributed by atoms with van der Waals surface area (Å²) in [7, 11) is 0. The van der Waals surface area contributed by atoms with Crippen LogP contribution in [0.25, 0.3) is 21.9 Å². The molecule has 19 heavy (non-hydrogen) atoms. The molecule has 0 spiro atoms. The number of quaternary nitrogens is 1. The molecule has 0 fully saturated rings. The Labute approximate surface area is 111 Å². The summed E-state index contributed by atoms with van der Waals surface area (Å²) < 4.78 is 6.06. The molecule has 2 N–H and O–H groups in total. The molecule has 1 aliphatic rings. The van der Waals surface area contributed by atoms with Crippen LogP contribution in [0.2, 0.25) is 0 Å². The smallest absolute Gasteiger partial charge is 0.144 e. The van der Waals surface area contributed by atoms with Crippen molar-refractivity contribution in [2.75, 3.05) is 0 Å². The van der Waals surface area contributed by atoms with Gasteiger partial charge >= 0.3 is 0 Å². The van der Waals surface area contributed by atoms with E-state index in [0.717, 1.165) is 11.2 Å². The maximum Gasteiger partial charge on any atom is 0.144 e. The number of nitrogens with two attached hydrogens (primary N) is 1. The highest BCUT2D eigenvalue weighted by molar-refractivity contribution is 6.05. The largest absolute Gasteiger partial charge is 0.456 e. The molecular weight excluding hydrogens is 234 g/mol. The van der Waals surface area contributed by atoms with E-state index in [-0.39, 0.29) is 0 Å². The molecule has 92 valence electrons. The molecule has 1 aromatic heterocycles. The van der Waals surface area contributed by atoms with E-state index in [9.17, 15) is 0 Å². The number of fused-ring (bicyclic) bond motifs is 3. The van der Waals surface area contributed by atoms with Gasteiger partial charge in [0.2, 0.25) is 0 Å². The lowest BCUT2D eigenvalue weighted by atomic mass is 10.0. The van der Waals surface area contributed by atoms with E-state index in [4.69, 9.17) is 4.42 Å². The van der Waals surface area contributed by atoms with E-state index in [2.05, 4.69) is 60.1 Å². The summed E-state index contributed by atoms with van der Waals surface area (Å²) in [5, 5.41) is 4.58. The van der Waals surface area contributed by atoms with Crippen LogP contribution in [0.5, 0.6) is 0 Å². The third-order valence-electron chi connectivity index (χ3n) is 3.65. The summed E-state index contributed by atoms with van der Waals surface area (Å²) in [4.78, 5) is 0. The van der Waals surface area contributed by atoms with E-state index < -0.39 is 0 Å². The van der Waals surface area contributed by atoms with Crippen LogP contribution in [-0.2, 0) is 0 Å². The zero-order chi connectivity index (χ0) is 12.7. The molecule has 0 amide bonds. The minimum Gasteiger partial charge on any atom is -0.456 e. The van der Waals surface area contributed by atoms with Crippen LogP contribution in [0.1, 0.15) is 11.6 Å². The van der Waals surface area contributed by atoms with Crippen molar-refractivity contribution >= 4 is 21.9 Å². The maximum absolute atomic E-state index is 6.06. The molecule has 3 aromatic rings. The molecule has 0 saturated heterocycles. The van der Waals surface area contributed by atoms with E-state index in [1.54, 1.807) is 0 Å². The fourth-order valence-corrected chi connectivity index (χ4v) is 2.73. The van der Waals surface area contributed by atoms with Gasteiger partial charge < -0.3 is 9.73 Å². The monoisotopic (exact) mass is 248 g/mol. The summed E-state index contributed by atoms with van der Waals surface area (Å²) in [6.07, 6.45) is 8.43. The van der Waals surface area contributed by atoms with Crippen LogP contribution < -0.4 is 5.32 Å². The lowest BCUT2D eigenvalue weighted by Gasteiger charge is -2.11. The van der Waals surface area contributed by atoms with Gasteiger partial charge in [0.15, 0.2) is 0 Å². The van der Waals surface area contributed by atoms with Crippen molar-refractivity contribution < 1.29 is 9.73 Å². The minimum absolute atomic E-state index is 0.300. The lowest BCUT2D eigenvalue weighted by Crippen LogP contribution is -2.79. The molecule has 4 rings (SSSR count). The molecule has 0 bridgehead atoms. The maximum atomic E-state index is 6.06. The zero-order valence-electron chi connectivity index (χ0n) is 10.4. The first-order valence-electron chi connectivity index (χ1n) is 6.52. The van der Waals surface area contributed by atoms with Gasteiger partial charge in [0, 0.05) is 10.8 Å². The molecule has 1 aliphatic heterocycles. The van der Waals surface area contributed by atoms with Crippen molar-refractivity contribution in [3.63, 3.8) is 0 Å². The SMILES string of the molecule is C1=C[NH2+]C(c2cccc3c2oc2ccccc23)C=C1. The predicted octanol–water partition coefficient (Wildman–Crippen LogP) is 3.27. The van der Waals surface area contributed by atoms with Crippen LogP contribution in [0, 0.1) is 0 Å². The van der Waals surface area contributed by atoms with E-state index >= 15 is 0 Å². The molecule has 2 heteroatoms. The van der Waals surface area contributed by atoms with Crippen LogP contribution in [0.4, 0.5) is 0 Å². The normalized spacial score (nSPS) is 18.4. The Morgan fingerprint density at radius 1 is 0.895 bits per heavy atom. The highest BCUT2D eigenvalue weighted by Gasteiger charge is 2.18. The number of para-hydroxylation sites is 2. The van der Waals surface area contributed by atoms with Crippen molar-refractivity contribution in [2.45, 2.75) is 6.04 Å². The summed E-state index contributed by atoms with van der Waals surface area (Å²) in [5.41, 5.74) is 3.19. The second-order valence-electron chi connectivity index (χ2n) is 4.81. The summed E-state index contributed by atoms with van der Waals surface area (Å²) in [6.45, 7) is 0. The van der Waals surface area contributed by atoms with Crippen molar-refractivity contribution in [3.05, 3.63) is 72.5 Å². The van der Waals surface area contributed by atoms with Crippen molar-refractivity contribution in [2.24, 2.45) is 0 Å². The highest BCUT2D eigenvalue weighted by Crippen LogP contribution is 2.32. The van der Waals surface area contributed by atoms with E-state index in [1.165, 1.54) is 16.3 Å². The van der Waals surface area contributed by atoms with Gasteiger partial charge in [-0.25, -0.2) is 0 Å². The highest BCUT2D eigenvalue weighted by atomic mass is 16.3. The summed E-state index contributed by atoms with van der Waals surface area (Å²) >= 11 is 0. The average Bonchev–Trinajstić information content (AvgIpc) is 2.87. The van der Waals surface area contributed by atoms with Gasteiger partial charge in [-0.1, -0.05) is 36.4 Å². The van der Waals surface area contributed by atoms with Gasteiger partial charge in [0.25, 0.3) is 0 Å². The zero-order valence-corrected chi connectivity index (χ0v) is 10.4. The Morgan fingerprint density at radius 2 is 1.79 bits per heavy atom. The molecule has 0 saturated carbocycles. The van der Waals surface area contributed by atoms with Crippen molar-refractivity contribution in [3.8, 4) is 0 Å². The third-order valence-corrected chi connectivity index (χ3v) is 3.65. The summed E-state index contributed by atoms with van der Waals surface area (Å²) in [6, 6.07) is 14.9. The molecular formula is C17H14NO+. The fourth-order valence-electron chi connectivity index (χ4n) is 2.73. The molecule has 2 aromatic carbocycles. The van der Waals surface area contributed by atoms with Crippen LogP contribution in [-0.4, -0.2) is 0 Å². The first kappa shape index (κ1) is 10.6. The van der Waals surface area contributed by atoms with Gasteiger partial charge in [-0.15, -0.1) is 0 Å². The third kappa shape index (κ3) is 1.61. The Hall–Kier alpha value is -2.32.